The van der Waals surface area contributed by atoms with Gasteiger partial charge in [0.25, 0.3) is 0 Å². The third kappa shape index (κ3) is 3.08. The summed E-state index contributed by atoms with van der Waals surface area (Å²) in [4.78, 5) is 12.3. The zero-order valence-electron chi connectivity index (χ0n) is 9.44. The van der Waals surface area contributed by atoms with E-state index in [0.717, 1.165) is 16.3 Å². The summed E-state index contributed by atoms with van der Waals surface area (Å²) in [7, 11) is 0. The Balaban J connectivity index is 2.34. The Kier molecular flexibility index (Phi) is 3.49. The summed E-state index contributed by atoms with van der Waals surface area (Å²) in [5.74, 6) is 0. The van der Waals surface area contributed by atoms with Crippen LogP contribution in [0.1, 0.15) is 11.3 Å². The number of pyridine rings is 1. The van der Waals surface area contributed by atoms with Gasteiger partial charge >= 0.3 is 0 Å². The van der Waals surface area contributed by atoms with Crippen molar-refractivity contribution in [3.05, 3.63) is 34.9 Å². The zero-order chi connectivity index (χ0) is 12.4. The van der Waals surface area contributed by atoms with E-state index in [2.05, 4.69) is 15.0 Å². The molecular formula is C11H11ClN4S. The van der Waals surface area contributed by atoms with E-state index >= 15 is 0 Å². The van der Waals surface area contributed by atoms with Crippen molar-refractivity contribution >= 4 is 29.1 Å². The van der Waals surface area contributed by atoms with Crippen molar-refractivity contribution in [1.29, 1.82) is 0 Å². The van der Waals surface area contributed by atoms with E-state index in [1.165, 1.54) is 18.0 Å². The highest BCUT2D eigenvalue weighted by Gasteiger charge is 2.07. The van der Waals surface area contributed by atoms with Gasteiger partial charge in [0.1, 0.15) is 10.1 Å². The Morgan fingerprint density at radius 3 is 2.71 bits per heavy atom. The number of hydrogen-bond acceptors (Lipinski definition) is 5. The first-order valence-corrected chi connectivity index (χ1v) is 6.15. The van der Waals surface area contributed by atoms with Crippen LogP contribution in [0, 0.1) is 13.8 Å². The second-order valence-electron chi connectivity index (χ2n) is 3.63. The molecule has 2 N–H and O–H groups in total. The molecule has 2 heterocycles. The van der Waals surface area contributed by atoms with Gasteiger partial charge in [0.05, 0.1) is 11.9 Å². The first-order chi connectivity index (χ1) is 8.04. The lowest BCUT2D eigenvalue weighted by molar-refractivity contribution is 1.02. The molecule has 0 unspecified atom stereocenters. The topological polar surface area (TPSA) is 64.7 Å². The van der Waals surface area contributed by atoms with Crippen LogP contribution in [0.3, 0.4) is 0 Å². The zero-order valence-corrected chi connectivity index (χ0v) is 11.0. The Morgan fingerprint density at radius 2 is 2.00 bits per heavy atom. The molecule has 4 nitrogen and oxygen atoms in total. The minimum Gasteiger partial charge on any atom is -0.395 e. The molecule has 0 aromatic carbocycles. The standard InChI is InChI=1S/C11H11ClN4S/c1-6-3-7(2)15-9(4-6)17-10-8(13)5-14-11(12)16-10/h3-5H,13H2,1-2H3. The number of hydrogen-bond donors (Lipinski definition) is 1. The average Bonchev–Trinajstić information content (AvgIpc) is 2.22. The van der Waals surface area contributed by atoms with Crippen LogP contribution >= 0.6 is 23.4 Å². The van der Waals surface area contributed by atoms with Gasteiger partial charge in [-0.05, 0) is 54.9 Å². The first-order valence-electron chi connectivity index (χ1n) is 4.96. The first kappa shape index (κ1) is 12.1. The molecule has 0 fully saturated rings. The third-order valence-corrected chi connectivity index (χ3v) is 3.15. The van der Waals surface area contributed by atoms with Crippen LogP contribution in [0.15, 0.2) is 28.4 Å². The van der Waals surface area contributed by atoms with E-state index in [0.29, 0.717) is 10.7 Å². The van der Waals surface area contributed by atoms with E-state index < -0.39 is 0 Å². The summed E-state index contributed by atoms with van der Waals surface area (Å²) in [5.41, 5.74) is 8.40. The number of halogens is 1. The van der Waals surface area contributed by atoms with Crippen molar-refractivity contribution in [3.8, 4) is 0 Å². The Bertz CT molecular complexity index is 539. The largest absolute Gasteiger partial charge is 0.395 e. The molecule has 6 heteroatoms. The maximum absolute atomic E-state index is 5.78. The van der Waals surface area contributed by atoms with Gasteiger partial charge in [-0.25, -0.2) is 15.0 Å². The number of aromatic nitrogens is 3. The monoisotopic (exact) mass is 266 g/mol. The summed E-state index contributed by atoms with van der Waals surface area (Å²) in [6.07, 6.45) is 1.50. The van der Waals surface area contributed by atoms with Gasteiger partial charge in [-0.15, -0.1) is 0 Å². The molecule has 0 radical (unpaired) electrons. The average molecular weight is 267 g/mol. The normalized spacial score (nSPS) is 10.5. The van der Waals surface area contributed by atoms with Crippen LogP contribution in [0.4, 0.5) is 5.69 Å². The number of aryl methyl sites for hydroxylation is 2. The number of rotatable bonds is 2. The van der Waals surface area contributed by atoms with Crippen molar-refractivity contribution in [2.45, 2.75) is 23.9 Å². The van der Waals surface area contributed by atoms with Crippen LogP contribution < -0.4 is 5.73 Å². The van der Waals surface area contributed by atoms with Gasteiger partial charge in [-0.1, -0.05) is 0 Å². The summed E-state index contributed by atoms with van der Waals surface area (Å²) >= 11 is 7.12. The number of nitrogen functional groups attached to an aromatic ring is 1. The molecule has 0 aliphatic rings. The maximum atomic E-state index is 5.78. The fourth-order valence-electron chi connectivity index (χ4n) is 1.39. The highest BCUT2D eigenvalue weighted by Crippen LogP contribution is 2.29. The summed E-state index contributed by atoms with van der Waals surface area (Å²) < 4.78 is 0. The highest BCUT2D eigenvalue weighted by atomic mass is 35.5. The van der Waals surface area contributed by atoms with Crippen molar-refractivity contribution < 1.29 is 0 Å². The molecule has 88 valence electrons. The molecule has 0 aliphatic carbocycles. The predicted molar refractivity (Wildman–Crippen MR) is 69.3 cm³/mol. The molecule has 0 bridgehead atoms. The molecule has 0 atom stereocenters. The number of nitrogens with two attached hydrogens (primary N) is 1. The third-order valence-electron chi connectivity index (χ3n) is 2.03. The molecule has 2 aromatic heterocycles. The van der Waals surface area contributed by atoms with Crippen LogP contribution in [-0.2, 0) is 0 Å². The van der Waals surface area contributed by atoms with E-state index in [4.69, 9.17) is 17.3 Å². The molecule has 17 heavy (non-hydrogen) atoms. The van der Waals surface area contributed by atoms with E-state index in [1.54, 1.807) is 0 Å². The molecule has 2 rings (SSSR count). The number of anilines is 1. The van der Waals surface area contributed by atoms with Crippen molar-refractivity contribution in [2.24, 2.45) is 0 Å². The van der Waals surface area contributed by atoms with Crippen molar-refractivity contribution in [1.82, 2.24) is 15.0 Å². The van der Waals surface area contributed by atoms with Gasteiger partial charge in [-0.3, -0.25) is 0 Å². The molecule has 2 aromatic rings. The molecule has 0 saturated heterocycles. The number of nitrogens with zero attached hydrogens (tertiary/aromatic N) is 3. The van der Waals surface area contributed by atoms with Gasteiger partial charge in [0.15, 0.2) is 0 Å². The lowest BCUT2D eigenvalue weighted by Crippen LogP contribution is -1.95. The quantitative estimate of drug-likeness (QED) is 0.669. The Hall–Kier alpha value is -1.33. The van der Waals surface area contributed by atoms with Crippen LogP contribution in [0.5, 0.6) is 0 Å². The van der Waals surface area contributed by atoms with Gasteiger partial charge in [-0.2, -0.15) is 0 Å². The lowest BCUT2D eigenvalue weighted by atomic mass is 10.3. The van der Waals surface area contributed by atoms with Crippen molar-refractivity contribution in [2.75, 3.05) is 5.73 Å². The van der Waals surface area contributed by atoms with Crippen molar-refractivity contribution in [3.63, 3.8) is 0 Å². The minimum atomic E-state index is 0.186. The van der Waals surface area contributed by atoms with Gasteiger partial charge in [0.2, 0.25) is 5.28 Å². The highest BCUT2D eigenvalue weighted by molar-refractivity contribution is 7.99. The predicted octanol–water partition coefficient (Wildman–Crippen LogP) is 2.88. The minimum absolute atomic E-state index is 0.186. The van der Waals surface area contributed by atoms with Crippen LogP contribution in [0.2, 0.25) is 5.28 Å². The molecule has 0 aliphatic heterocycles. The SMILES string of the molecule is Cc1cc(C)nc(Sc2nc(Cl)ncc2N)c1. The summed E-state index contributed by atoms with van der Waals surface area (Å²) in [6.45, 7) is 3.97. The fraction of sp³-hybridized carbons (Fsp3) is 0.182. The van der Waals surface area contributed by atoms with E-state index in [9.17, 15) is 0 Å². The Labute approximate surface area is 109 Å². The maximum Gasteiger partial charge on any atom is 0.223 e. The molecule has 0 amide bonds. The molecular weight excluding hydrogens is 256 g/mol. The van der Waals surface area contributed by atoms with Crippen LogP contribution in [0.25, 0.3) is 0 Å². The lowest BCUT2D eigenvalue weighted by Gasteiger charge is -2.05. The summed E-state index contributed by atoms with van der Waals surface area (Å²) in [6, 6.07) is 3.99. The van der Waals surface area contributed by atoms with Gasteiger partial charge < -0.3 is 5.73 Å². The van der Waals surface area contributed by atoms with E-state index in [-0.39, 0.29) is 5.28 Å². The molecule has 0 saturated carbocycles. The fourth-order valence-corrected chi connectivity index (χ4v) is 2.51. The smallest absolute Gasteiger partial charge is 0.223 e. The summed E-state index contributed by atoms with van der Waals surface area (Å²) in [5, 5.41) is 1.66. The second kappa shape index (κ2) is 4.89. The Morgan fingerprint density at radius 1 is 1.24 bits per heavy atom. The van der Waals surface area contributed by atoms with E-state index in [1.807, 2.05) is 26.0 Å². The molecule has 0 spiro atoms. The van der Waals surface area contributed by atoms with Gasteiger partial charge in [0, 0.05) is 5.69 Å². The second-order valence-corrected chi connectivity index (χ2v) is 4.97. The van der Waals surface area contributed by atoms with Crippen LogP contribution in [-0.4, -0.2) is 15.0 Å².